The van der Waals surface area contributed by atoms with Gasteiger partial charge in [-0.25, -0.2) is 9.97 Å². The number of carbonyl (C=O) groups is 1. The first kappa shape index (κ1) is 18.5. The van der Waals surface area contributed by atoms with E-state index in [-0.39, 0.29) is 5.91 Å². The van der Waals surface area contributed by atoms with Crippen molar-refractivity contribution in [1.82, 2.24) is 20.4 Å². The largest absolute Gasteiger partial charge is 0.367 e. The Morgan fingerprint density at radius 2 is 2.04 bits per heavy atom. The molecule has 0 aliphatic carbocycles. The molecule has 0 radical (unpaired) electrons. The zero-order chi connectivity index (χ0) is 18.6. The first-order valence-electron chi connectivity index (χ1n) is 9.12. The molecule has 7 nitrogen and oxygen atoms in total. The fourth-order valence-corrected chi connectivity index (χ4v) is 3.22. The zero-order valence-electron chi connectivity index (χ0n) is 15.7. The van der Waals surface area contributed by atoms with E-state index in [1.54, 1.807) is 12.4 Å². The van der Waals surface area contributed by atoms with Gasteiger partial charge in [-0.3, -0.25) is 4.79 Å². The van der Waals surface area contributed by atoms with Gasteiger partial charge in [0.2, 0.25) is 5.91 Å². The van der Waals surface area contributed by atoms with Gasteiger partial charge < -0.3 is 14.6 Å². The van der Waals surface area contributed by atoms with Crippen LogP contribution in [0.1, 0.15) is 61.0 Å². The first-order chi connectivity index (χ1) is 12.5. The molecule has 3 rings (SSSR count). The number of ether oxygens (including phenoxy) is 1. The van der Waals surface area contributed by atoms with Gasteiger partial charge in [-0.2, -0.15) is 0 Å². The molecule has 1 saturated heterocycles. The van der Waals surface area contributed by atoms with Crippen LogP contribution in [0.15, 0.2) is 16.9 Å². The lowest BCUT2D eigenvalue weighted by atomic mass is 9.95. The molecule has 1 atom stereocenters. The third-order valence-corrected chi connectivity index (χ3v) is 4.92. The van der Waals surface area contributed by atoms with Crippen molar-refractivity contribution >= 4 is 5.91 Å². The highest BCUT2D eigenvalue weighted by Gasteiger charge is 2.32. The van der Waals surface area contributed by atoms with Crippen LogP contribution in [-0.2, 0) is 28.1 Å². The monoisotopic (exact) mass is 358 g/mol. The fourth-order valence-electron chi connectivity index (χ4n) is 3.22. The second-order valence-corrected chi connectivity index (χ2v) is 7.03. The molecular weight excluding hydrogens is 332 g/mol. The van der Waals surface area contributed by atoms with E-state index >= 15 is 0 Å². The van der Waals surface area contributed by atoms with E-state index in [1.165, 1.54) is 0 Å². The molecule has 1 N–H and O–H groups in total. The van der Waals surface area contributed by atoms with Crippen molar-refractivity contribution in [3.63, 3.8) is 0 Å². The quantitative estimate of drug-likeness (QED) is 0.854. The summed E-state index contributed by atoms with van der Waals surface area (Å²) in [6.45, 7) is 6.96. The van der Waals surface area contributed by atoms with Crippen molar-refractivity contribution in [2.24, 2.45) is 0 Å². The number of rotatable bonds is 6. The Morgan fingerprint density at radius 1 is 1.27 bits per heavy atom. The second kappa shape index (κ2) is 7.95. The van der Waals surface area contributed by atoms with E-state index in [4.69, 9.17) is 9.26 Å². The summed E-state index contributed by atoms with van der Waals surface area (Å²) >= 11 is 0. The van der Waals surface area contributed by atoms with Crippen LogP contribution in [0.2, 0.25) is 0 Å². The smallest absolute Gasteiger partial charge is 0.220 e. The van der Waals surface area contributed by atoms with E-state index in [0.717, 1.165) is 48.5 Å². The molecule has 0 unspecified atom stereocenters. The minimum Gasteiger partial charge on any atom is -0.367 e. The Labute approximate surface area is 153 Å². The van der Waals surface area contributed by atoms with Crippen LogP contribution in [0.3, 0.4) is 0 Å². The molecule has 0 aromatic carbocycles. The van der Waals surface area contributed by atoms with Gasteiger partial charge in [0.15, 0.2) is 5.82 Å². The van der Waals surface area contributed by atoms with Crippen LogP contribution in [0.4, 0.5) is 0 Å². The average molecular weight is 358 g/mol. The molecule has 140 valence electrons. The molecule has 0 saturated carbocycles. The second-order valence-electron chi connectivity index (χ2n) is 7.03. The van der Waals surface area contributed by atoms with E-state index in [2.05, 4.69) is 20.4 Å². The molecule has 1 aliphatic rings. The molecule has 1 aliphatic heterocycles. The summed E-state index contributed by atoms with van der Waals surface area (Å²) in [6.07, 6.45) is 7.70. The highest BCUT2D eigenvalue weighted by molar-refractivity contribution is 5.76. The van der Waals surface area contributed by atoms with E-state index in [1.807, 2.05) is 20.8 Å². The number of nitrogens with one attached hydrogen (secondary N) is 1. The third-order valence-electron chi connectivity index (χ3n) is 4.92. The predicted octanol–water partition coefficient (Wildman–Crippen LogP) is 2.75. The minimum absolute atomic E-state index is 0.0170. The van der Waals surface area contributed by atoms with Crippen molar-refractivity contribution in [2.75, 3.05) is 6.61 Å². The molecule has 3 heterocycles. The molecular formula is C19H26N4O3. The number of nitrogens with zero attached hydrogens (tertiary/aromatic N) is 3. The van der Waals surface area contributed by atoms with Crippen LogP contribution in [0.5, 0.6) is 0 Å². The summed E-state index contributed by atoms with van der Waals surface area (Å²) in [6, 6.07) is 0. The number of hydrogen-bond acceptors (Lipinski definition) is 6. The van der Waals surface area contributed by atoms with Gasteiger partial charge in [0.05, 0.1) is 5.69 Å². The molecule has 2 aromatic heterocycles. The van der Waals surface area contributed by atoms with Crippen LogP contribution >= 0.6 is 0 Å². The maximum absolute atomic E-state index is 12.1. The standard InChI is InChI=1S/C19H26N4O3/c1-13-16(14(2)26-23-13)6-7-17(24)20-10-15-11-21-18(22-12-15)19(3)8-4-5-9-25-19/h11-12H,4-10H2,1-3H3,(H,20,24)/t19-/m0/s1. The SMILES string of the molecule is Cc1noc(C)c1CCC(=O)NCc1cnc([C@]2(C)CCCCO2)nc1. The normalized spacial score (nSPS) is 20.1. The van der Waals surface area contributed by atoms with E-state index < -0.39 is 5.60 Å². The van der Waals surface area contributed by atoms with Crippen molar-refractivity contribution < 1.29 is 14.1 Å². The van der Waals surface area contributed by atoms with Crippen LogP contribution in [0, 0.1) is 13.8 Å². The molecule has 7 heteroatoms. The summed E-state index contributed by atoms with van der Waals surface area (Å²) in [5.74, 6) is 1.47. The maximum Gasteiger partial charge on any atom is 0.220 e. The van der Waals surface area contributed by atoms with Gasteiger partial charge in [-0.15, -0.1) is 0 Å². The molecule has 1 fully saturated rings. The highest BCUT2D eigenvalue weighted by atomic mass is 16.5. The van der Waals surface area contributed by atoms with Crippen molar-refractivity contribution in [3.05, 3.63) is 40.8 Å². The number of aromatic nitrogens is 3. The lowest BCUT2D eigenvalue weighted by molar-refractivity contribution is -0.121. The lowest BCUT2D eigenvalue weighted by Gasteiger charge is -2.32. The summed E-state index contributed by atoms with van der Waals surface area (Å²) in [5.41, 5.74) is 2.33. The highest BCUT2D eigenvalue weighted by Crippen LogP contribution is 2.32. The van der Waals surface area contributed by atoms with Gasteiger partial charge in [0.25, 0.3) is 0 Å². The predicted molar refractivity (Wildman–Crippen MR) is 95.3 cm³/mol. The van der Waals surface area contributed by atoms with Gasteiger partial charge in [0.1, 0.15) is 11.4 Å². The average Bonchev–Trinajstić information content (AvgIpc) is 2.97. The van der Waals surface area contributed by atoms with Gasteiger partial charge >= 0.3 is 0 Å². The lowest BCUT2D eigenvalue weighted by Crippen LogP contribution is -2.32. The Bertz CT molecular complexity index is 729. The van der Waals surface area contributed by atoms with Crippen LogP contribution < -0.4 is 5.32 Å². The molecule has 0 spiro atoms. The van der Waals surface area contributed by atoms with Crippen molar-refractivity contribution in [1.29, 1.82) is 0 Å². The molecule has 2 aromatic rings. The van der Waals surface area contributed by atoms with Gasteiger partial charge in [-0.1, -0.05) is 5.16 Å². The maximum atomic E-state index is 12.1. The Morgan fingerprint density at radius 3 is 2.65 bits per heavy atom. The van der Waals surface area contributed by atoms with E-state index in [0.29, 0.717) is 25.2 Å². The van der Waals surface area contributed by atoms with Crippen molar-refractivity contribution in [2.45, 2.75) is 65.0 Å². The summed E-state index contributed by atoms with van der Waals surface area (Å²) in [5, 5.41) is 6.81. The Balaban J connectivity index is 1.49. The Kier molecular flexibility index (Phi) is 5.66. The van der Waals surface area contributed by atoms with Crippen LogP contribution in [0.25, 0.3) is 0 Å². The minimum atomic E-state index is -0.394. The number of hydrogen-bond donors (Lipinski definition) is 1. The summed E-state index contributed by atoms with van der Waals surface area (Å²) < 4.78 is 11.0. The molecule has 0 bridgehead atoms. The van der Waals surface area contributed by atoms with Gasteiger partial charge in [-0.05, 0) is 46.5 Å². The molecule has 1 amide bonds. The Hall–Kier alpha value is -2.28. The van der Waals surface area contributed by atoms with Crippen molar-refractivity contribution in [3.8, 4) is 0 Å². The number of amides is 1. The topological polar surface area (TPSA) is 90.1 Å². The fraction of sp³-hybridized carbons (Fsp3) is 0.579. The first-order valence-corrected chi connectivity index (χ1v) is 9.12. The summed E-state index contributed by atoms with van der Waals surface area (Å²) in [7, 11) is 0. The van der Waals surface area contributed by atoms with E-state index in [9.17, 15) is 4.79 Å². The summed E-state index contributed by atoms with van der Waals surface area (Å²) in [4.78, 5) is 21.0. The number of carbonyl (C=O) groups excluding carboxylic acids is 1. The van der Waals surface area contributed by atoms with Crippen LogP contribution in [-0.4, -0.2) is 27.6 Å². The molecule has 26 heavy (non-hydrogen) atoms. The third kappa shape index (κ3) is 4.27. The van der Waals surface area contributed by atoms with Gasteiger partial charge in [0, 0.05) is 43.1 Å². The number of aryl methyl sites for hydroxylation is 2. The zero-order valence-corrected chi connectivity index (χ0v) is 15.7.